The number of hydrogen-bond donors (Lipinski definition) is 1. The molecule has 0 unspecified atom stereocenters. The van der Waals surface area contributed by atoms with Gasteiger partial charge in [0.05, 0.1) is 19.8 Å². The quantitative estimate of drug-likeness (QED) is 0.0107. The molecule has 0 spiro atoms. The topological polar surface area (TPSA) is 251 Å². The van der Waals surface area contributed by atoms with E-state index in [2.05, 4.69) is 201 Å². The number of nitrogens with two attached hydrogens (primary N) is 1. The molecule has 0 radical (unpaired) electrons. The standard InChI is InChI=1S/2C22H30I.C18H28N2O3S.C12H15F9NO4S2.C8H10N2O3S/c2*1-7-21(3,4)17-9-13-19(14-10-17)23-20-15-11-18(12-16-20)22(5,6)8-2;1-2-3-4-5-6-9-18(21)19-24(22,23)17-12-10-16(11-13-17)20-14-7-8-15-20;13-9(14,11(17,18)19)10(15,16)12(20,21)28(25,26)22-27(23,24)7-6-8-4-2-1-3-5-8;1-6(11)10-14(12,13)8-4-2-7(9)3-5-8/h2*9-16H,7-8H2,1-6H3;10-13H,2-9,14-15H2,1H3,(H,19,21);8H,1-7H2;2-5H,9H2,1H3,(H,10,11)/q2*+1;;-1;/p-2. The number of unbranched alkanes of at least 4 members (excludes halogenated alkanes) is 4. The van der Waals surface area contributed by atoms with Gasteiger partial charge in [0.15, 0.2) is 24.3 Å². The molecule has 2 aliphatic rings. The maximum atomic E-state index is 13.5. The fraction of sp³-hybridized carbons (Fsp3) is 0.537. The first kappa shape index (κ1) is 98.8. The maximum Gasteiger partial charge on any atom is 0.460 e. The molecule has 1 saturated heterocycles. The summed E-state index contributed by atoms with van der Waals surface area (Å²) in [5, 5.41) is 15.2. The van der Waals surface area contributed by atoms with Crippen LogP contribution >= 0.6 is 0 Å². The van der Waals surface area contributed by atoms with E-state index < -0.39 is 80.9 Å². The number of anilines is 2. The molecule has 15 nitrogen and oxygen atoms in total. The van der Waals surface area contributed by atoms with Crippen molar-refractivity contribution in [3.63, 3.8) is 0 Å². The number of rotatable bonds is 31. The molecule has 0 bridgehead atoms. The summed E-state index contributed by atoms with van der Waals surface area (Å²) < 4.78 is 222. The summed E-state index contributed by atoms with van der Waals surface area (Å²) in [5.74, 6) is -17.7. The van der Waals surface area contributed by atoms with Crippen molar-refractivity contribution in [3.05, 3.63) is 186 Å². The van der Waals surface area contributed by atoms with E-state index in [-0.39, 0.29) is 92.6 Å². The van der Waals surface area contributed by atoms with Gasteiger partial charge >= 0.3 is 65.7 Å². The Hall–Kier alpha value is -5.55. The van der Waals surface area contributed by atoms with Crippen LogP contribution in [-0.4, -0.2) is 87.6 Å². The monoisotopic (exact) mass is 1880 g/mol. The van der Waals surface area contributed by atoms with Gasteiger partial charge in [-0.05, 0) is 223 Å². The second kappa shape index (κ2) is 42.5. The second-order valence-corrected chi connectivity index (χ2v) is 43.3. The summed E-state index contributed by atoms with van der Waals surface area (Å²) >= 11 is -0.159. The van der Waals surface area contributed by atoms with E-state index in [1.165, 1.54) is 99.3 Å². The first-order chi connectivity index (χ1) is 51.8. The van der Waals surface area contributed by atoms with E-state index in [4.69, 9.17) is 5.73 Å². The van der Waals surface area contributed by atoms with Crippen LogP contribution in [0.5, 0.6) is 0 Å². The third-order valence-electron chi connectivity index (χ3n) is 20.4. The highest BCUT2D eigenvalue weighted by Gasteiger charge is 2.84. The minimum atomic E-state index is -7.51. The predicted molar refractivity (Wildman–Crippen MR) is 419 cm³/mol. The summed E-state index contributed by atoms with van der Waals surface area (Å²) in [6.45, 7) is 32.9. The SMILES string of the molecule is CC([O-])=NS(=O)(=O)c1ccc(N)cc1.CCC(C)(C)c1ccc([I+]c2ccc(C(C)(C)CC)cc2)cc1.CCC(C)(C)c1ccc([I+]c2ccc(C(C)(C)CC)cc2)cc1.CCCCCCCC([O-])=NS(=O)(=O)c1ccc(N2CCCC2)cc1.O=S(=O)(CCC1CCCCC1)[N-]S(=O)(=O)C(F)(F)C(F)(F)C(F)(F)C(F)(F)F. The summed E-state index contributed by atoms with van der Waals surface area (Å²) in [5.41, 5.74) is 13.8. The molecule has 2 N–H and O–H groups in total. The Morgan fingerprint density at radius 1 is 0.473 bits per heavy atom. The minimum Gasteiger partial charge on any atom is -0.861 e. The lowest BCUT2D eigenvalue weighted by Crippen LogP contribution is -3.61. The molecule has 6 aromatic rings. The molecule has 0 aromatic heterocycles. The van der Waals surface area contributed by atoms with Gasteiger partial charge in [-0.1, -0.05) is 196 Å². The van der Waals surface area contributed by atoms with Gasteiger partial charge in [0.2, 0.25) is 0 Å². The van der Waals surface area contributed by atoms with Gasteiger partial charge in [0.25, 0.3) is 20.0 Å². The van der Waals surface area contributed by atoms with Crippen LogP contribution in [0.2, 0.25) is 0 Å². The normalized spacial score (nSPS) is 14.9. The third kappa shape index (κ3) is 29.6. The van der Waals surface area contributed by atoms with Crippen LogP contribution in [0.25, 0.3) is 4.13 Å². The Bertz CT molecular complexity index is 4190. The molecular weight excluding hydrogens is 1770 g/mol. The molecule has 0 atom stereocenters. The molecule has 30 heteroatoms. The van der Waals surface area contributed by atoms with Crippen LogP contribution in [0.1, 0.15) is 235 Å². The van der Waals surface area contributed by atoms with Crippen molar-refractivity contribution in [2.24, 2.45) is 14.7 Å². The van der Waals surface area contributed by atoms with Crippen molar-refractivity contribution in [1.82, 2.24) is 0 Å². The highest BCUT2D eigenvalue weighted by molar-refractivity contribution is 8.12. The van der Waals surface area contributed by atoms with Crippen molar-refractivity contribution in [2.75, 3.05) is 29.5 Å². The zero-order valence-corrected chi connectivity index (χ0v) is 74.1. The second-order valence-electron chi connectivity index (χ2n) is 30.4. The van der Waals surface area contributed by atoms with E-state index in [1.54, 1.807) is 28.4 Å². The smallest absolute Gasteiger partial charge is 0.460 e. The van der Waals surface area contributed by atoms with Crippen molar-refractivity contribution >= 4 is 63.3 Å². The number of hydrogen-bond acceptors (Lipinski definition) is 12. The zero-order chi connectivity index (χ0) is 84.6. The van der Waals surface area contributed by atoms with E-state index in [1.807, 2.05) is 0 Å². The van der Waals surface area contributed by atoms with Crippen LogP contribution in [0.15, 0.2) is 164 Å². The lowest BCUT2D eigenvalue weighted by atomic mass is 9.82. The average molecular weight is 1880 g/mol. The van der Waals surface area contributed by atoms with E-state index in [9.17, 15) is 83.4 Å². The van der Waals surface area contributed by atoms with Gasteiger partial charge in [-0.3, -0.25) is 0 Å². The van der Waals surface area contributed by atoms with Crippen LogP contribution in [-0.2, 0) is 61.8 Å². The van der Waals surface area contributed by atoms with Gasteiger partial charge in [0, 0.05) is 30.2 Å². The molecule has 626 valence electrons. The number of alkyl halides is 9. The number of sulfonamides is 4. The molecule has 2 fully saturated rings. The fourth-order valence-corrected chi connectivity index (χ4v) is 20.4. The lowest BCUT2D eigenvalue weighted by molar-refractivity contribution is -0.597. The van der Waals surface area contributed by atoms with Crippen molar-refractivity contribution in [1.29, 1.82) is 0 Å². The molecular formula is C82H111F9I2N5O10S4-. The maximum absolute atomic E-state index is 13.5. The van der Waals surface area contributed by atoms with Crippen LogP contribution in [0.3, 0.4) is 0 Å². The van der Waals surface area contributed by atoms with Crippen molar-refractivity contribution in [3.8, 4) is 0 Å². The van der Waals surface area contributed by atoms with Gasteiger partial charge < -0.3 is 25.0 Å². The number of halogens is 11. The average Bonchev–Trinajstić information content (AvgIpc) is 0.779. The molecule has 0 amide bonds. The Kier molecular flexibility index (Phi) is 37.5. The molecule has 6 aromatic carbocycles. The fourth-order valence-electron chi connectivity index (χ4n) is 11.3. The van der Waals surface area contributed by atoms with Gasteiger partial charge in [0.1, 0.15) is 0 Å². The highest BCUT2D eigenvalue weighted by Crippen LogP contribution is 2.56. The van der Waals surface area contributed by atoms with Gasteiger partial charge in [-0.25, -0.2) is 16.8 Å². The van der Waals surface area contributed by atoms with E-state index in [0.717, 1.165) is 70.6 Å². The highest BCUT2D eigenvalue weighted by atomic mass is 127. The third-order valence-corrected chi connectivity index (χ3v) is 31.8. The van der Waals surface area contributed by atoms with Gasteiger partial charge in [-0.15, -0.1) is 0 Å². The van der Waals surface area contributed by atoms with Gasteiger partial charge in [-0.2, -0.15) is 65.1 Å². The summed E-state index contributed by atoms with van der Waals surface area (Å²) in [6, 6.07) is 49.5. The first-order valence-electron chi connectivity index (χ1n) is 37.6. The van der Waals surface area contributed by atoms with Crippen LogP contribution in [0, 0.1) is 20.2 Å². The summed E-state index contributed by atoms with van der Waals surface area (Å²) in [7, 11) is -20.4. The largest absolute Gasteiger partial charge is 0.861 e. The molecule has 1 heterocycles. The minimum absolute atomic E-state index is 0.0399. The molecule has 8 rings (SSSR count). The Morgan fingerprint density at radius 3 is 1.16 bits per heavy atom. The van der Waals surface area contributed by atoms with Crippen LogP contribution in [0.4, 0.5) is 50.9 Å². The molecule has 1 aliphatic carbocycles. The molecule has 112 heavy (non-hydrogen) atoms. The lowest BCUT2D eigenvalue weighted by Gasteiger charge is -2.36. The predicted octanol–water partition coefficient (Wildman–Crippen LogP) is 13.6. The van der Waals surface area contributed by atoms with Crippen molar-refractivity contribution < 1.29 is 126 Å². The number of nitrogen functional groups attached to an aromatic ring is 1. The zero-order valence-electron chi connectivity index (χ0n) is 66.5. The Labute approximate surface area is 681 Å². The molecule has 1 aliphatic heterocycles. The number of nitrogens with zero attached hydrogens (tertiary/aromatic N) is 4. The number of benzene rings is 6. The Morgan fingerprint density at radius 2 is 0.821 bits per heavy atom. The first-order valence-corrected chi connectivity index (χ1v) is 47.9. The van der Waals surface area contributed by atoms with E-state index in [0.29, 0.717) is 24.9 Å². The van der Waals surface area contributed by atoms with Crippen molar-refractivity contribution in [2.45, 2.75) is 267 Å². The molecule has 1 saturated carbocycles. The Balaban J connectivity index is 0.000000299. The summed E-state index contributed by atoms with van der Waals surface area (Å²) in [4.78, 5) is 2.28. The van der Waals surface area contributed by atoms with Crippen LogP contribution < -0.4 is 63.3 Å². The van der Waals surface area contributed by atoms with E-state index >= 15 is 0 Å². The summed E-state index contributed by atoms with van der Waals surface area (Å²) in [6.07, 6.45) is 8.12.